The number of carbonyl (C=O) groups excluding carboxylic acids is 2. The summed E-state index contributed by atoms with van der Waals surface area (Å²) in [5, 5.41) is 0. The van der Waals surface area contributed by atoms with Gasteiger partial charge in [-0.05, 0) is 51.4 Å². The van der Waals surface area contributed by atoms with Crippen LogP contribution in [0.25, 0.3) is 22.3 Å². The van der Waals surface area contributed by atoms with Crippen LogP contribution < -0.4 is 0 Å². The monoisotopic (exact) mass is 360 g/mol. The molecule has 0 saturated heterocycles. The van der Waals surface area contributed by atoms with Gasteiger partial charge in [0.1, 0.15) is 0 Å². The maximum atomic E-state index is 12.2. The van der Waals surface area contributed by atoms with E-state index in [4.69, 9.17) is 16.3 Å². The summed E-state index contributed by atoms with van der Waals surface area (Å²) in [6.07, 6.45) is 0.776. The van der Waals surface area contributed by atoms with Gasteiger partial charge in [0, 0.05) is 5.88 Å². The van der Waals surface area contributed by atoms with Crippen LogP contribution in [0.15, 0.2) is 54.6 Å². The summed E-state index contributed by atoms with van der Waals surface area (Å²) in [6.45, 7) is 0. The number of ether oxygens (including phenoxy) is 1. The molecule has 3 aromatic rings. The highest BCUT2D eigenvalue weighted by Crippen LogP contribution is 2.45. The van der Waals surface area contributed by atoms with Crippen molar-refractivity contribution in [2.75, 3.05) is 0 Å². The molecule has 126 valence electrons. The number of fused-ring (bicyclic) bond motifs is 4. The maximum Gasteiger partial charge on any atom is 0.347 e. The zero-order chi connectivity index (χ0) is 17.8. The molecule has 0 aromatic heterocycles. The molecular weight excluding hydrogens is 348 g/mol. The Labute approximate surface area is 155 Å². The second-order valence-electron chi connectivity index (χ2n) is 6.50. The summed E-state index contributed by atoms with van der Waals surface area (Å²) in [4.78, 5) is 24.2. The predicted octanol–water partition coefficient (Wildman–Crippen LogP) is 4.97. The van der Waals surface area contributed by atoms with E-state index in [9.17, 15) is 9.59 Å². The van der Waals surface area contributed by atoms with Crippen molar-refractivity contribution in [2.45, 2.75) is 12.3 Å². The van der Waals surface area contributed by atoms with Gasteiger partial charge in [-0.15, -0.1) is 11.6 Å². The number of halogens is 1. The minimum Gasteiger partial charge on any atom is -0.386 e. The summed E-state index contributed by atoms with van der Waals surface area (Å²) in [6, 6.07) is 17.6. The highest BCUT2D eigenvalue weighted by Gasteiger charge is 2.34. The Balaban J connectivity index is 1.80. The van der Waals surface area contributed by atoms with E-state index in [0.29, 0.717) is 17.0 Å². The molecule has 1 aliphatic heterocycles. The van der Waals surface area contributed by atoms with Crippen LogP contribution in [0.4, 0.5) is 0 Å². The molecule has 0 radical (unpaired) electrons. The number of benzene rings is 3. The molecular formula is C22H13ClO3. The van der Waals surface area contributed by atoms with Gasteiger partial charge in [0.25, 0.3) is 0 Å². The van der Waals surface area contributed by atoms with E-state index in [1.807, 2.05) is 30.3 Å². The first-order chi connectivity index (χ1) is 12.7. The maximum absolute atomic E-state index is 12.2. The third kappa shape index (κ3) is 2.01. The van der Waals surface area contributed by atoms with Gasteiger partial charge >= 0.3 is 11.9 Å². The van der Waals surface area contributed by atoms with Crippen LogP contribution in [0.5, 0.6) is 0 Å². The molecule has 3 aromatic carbocycles. The average Bonchev–Trinajstić information content (AvgIpc) is 3.19. The molecule has 0 atom stereocenters. The van der Waals surface area contributed by atoms with Crippen molar-refractivity contribution in [1.29, 1.82) is 0 Å². The molecule has 0 spiro atoms. The van der Waals surface area contributed by atoms with E-state index >= 15 is 0 Å². The van der Waals surface area contributed by atoms with Crippen molar-refractivity contribution in [1.82, 2.24) is 0 Å². The van der Waals surface area contributed by atoms with Gasteiger partial charge in [-0.3, -0.25) is 0 Å². The van der Waals surface area contributed by atoms with Crippen molar-refractivity contribution in [3.8, 4) is 22.3 Å². The largest absolute Gasteiger partial charge is 0.386 e. The van der Waals surface area contributed by atoms with Crippen molar-refractivity contribution >= 4 is 23.5 Å². The normalized spacial score (nSPS) is 14.0. The van der Waals surface area contributed by atoms with Gasteiger partial charge in [-0.1, -0.05) is 48.5 Å². The van der Waals surface area contributed by atoms with Crippen molar-refractivity contribution in [2.24, 2.45) is 0 Å². The fourth-order valence-electron chi connectivity index (χ4n) is 4.04. The third-order valence-corrected chi connectivity index (χ3v) is 5.45. The highest BCUT2D eigenvalue weighted by molar-refractivity contribution is 6.19. The van der Waals surface area contributed by atoms with Gasteiger partial charge in [0.15, 0.2) is 0 Å². The van der Waals surface area contributed by atoms with Gasteiger partial charge in [0.05, 0.1) is 11.1 Å². The van der Waals surface area contributed by atoms with Crippen molar-refractivity contribution in [3.05, 3.63) is 82.4 Å². The molecule has 3 nitrogen and oxygen atoms in total. The van der Waals surface area contributed by atoms with Crippen LogP contribution in [-0.2, 0) is 17.0 Å². The second kappa shape index (κ2) is 5.55. The summed E-state index contributed by atoms with van der Waals surface area (Å²) in [5.74, 6) is -0.736. The highest BCUT2D eigenvalue weighted by atomic mass is 35.5. The fraction of sp³-hybridized carbons (Fsp3) is 0.0909. The van der Waals surface area contributed by atoms with Crippen LogP contribution in [0.3, 0.4) is 0 Å². The number of esters is 2. The lowest BCUT2D eigenvalue weighted by Crippen LogP contribution is -2.00. The number of carbonyl (C=O) groups is 2. The number of hydrogen-bond acceptors (Lipinski definition) is 3. The minimum absolute atomic E-state index is 0.332. The first-order valence-corrected chi connectivity index (χ1v) is 8.91. The third-order valence-electron chi connectivity index (χ3n) is 5.16. The molecule has 0 N–H and O–H groups in total. The number of alkyl halides is 1. The first kappa shape index (κ1) is 15.4. The molecule has 1 aliphatic carbocycles. The van der Waals surface area contributed by atoms with E-state index < -0.39 is 11.9 Å². The van der Waals surface area contributed by atoms with E-state index in [1.165, 1.54) is 11.1 Å². The van der Waals surface area contributed by atoms with E-state index in [0.717, 1.165) is 34.2 Å². The van der Waals surface area contributed by atoms with Crippen LogP contribution in [-0.4, -0.2) is 11.9 Å². The Morgan fingerprint density at radius 1 is 0.769 bits per heavy atom. The molecule has 2 aliphatic rings. The summed E-state index contributed by atoms with van der Waals surface area (Å²) >= 11 is 6.19. The molecule has 0 fully saturated rings. The smallest absolute Gasteiger partial charge is 0.347 e. The number of rotatable bonds is 2. The fourth-order valence-corrected chi connectivity index (χ4v) is 4.27. The zero-order valence-electron chi connectivity index (χ0n) is 13.7. The standard InChI is InChI=1S/C22H13ClO3/c23-11-13-8-9-15(18-10-12-4-1-2-5-14(12)19(13)18)16-6-3-7-17-20(16)22(25)26-21(17)24/h1-9H,10-11H2. The molecule has 0 saturated carbocycles. The molecule has 4 heteroatoms. The Hall–Kier alpha value is -2.91. The molecule has 26 heavy (non-hydrogen) atoms. The van der Waals surface area contributed by atoms with Gasteiger partial charge in [-0.25, -0.2) is 9.59 Å². The summed E-state index contributed by atoms with van der Waals surface area (Å²) in [7, 11) is 0. The molecule has 0 amide bonds. The second-order valence-corrected chi connectivity index (χ2v) is 6.77. The van der Waals surface area contributed by atoms with Crippen molar-refractivity contribution in [3.63, 3.8) is 0 Å². The lowest BCUT2D eigenvalue weighted by molar-refractivity contribution is 0.0444. The van der Waals surface area contributed by atoms with Crippen LogP contribution in [0.1, 0.15) is 37.4 Å². The topological polar surface area (TPSA) is 43.4 Å². The van der Waals surface area contributed by atoms with Crippen molar-refractivity contribution < 1.29 is 14.3 Å². The Kier molecular flexibility index (Phi) is 3.28. The van der Waals surface area contributed by atoms with Gasteiger partial charge in [-0.2, -0.15) is 0 Å². The van der Waals surface area contributed by atoms with Crippen LogP contribution in [0.2, 0.25) is 0 Å². The predicted molar refractivity (Wildman–Crippen MR) is 99.4 cm³/mol. The number of hydrogen-bond donors (Lipinski definition) is 0. The molecule has 5 rings (SSSR count). The minimum atomic E-state index is -0.579. The van der Waals surface area contributed by atoms with Crippen LogP contribution >= 0.6 is 11.6 Å². The van der Waals surface area contributed by atoms with E-state index in [1.54, 1.807) is 12.1 Å². The Morgan fingerprint density at radius 2 is 1.54 bits per heavy atom. The molecule has 0 unspecified atom stereocenters. The molecule has 1 heterocycles. The quantitative estimate of drug-likeness (QED) is 0.288. The average molecular weight is 361 g/mol. The lowest BCUT2D eigenvalue weighted by Gasteiger charge is -2.14. The van der Waals surface area contributed by atoms with Crippen LogP contribution in [0, 0.1) is 0 Å². The summed E-state index contributed by atoms with van der Waals surface area (Å²) < 4.78 is 4.82. The zero-order valence-corrected chi connectivity index (χ0v) is 14.5. The summed E-state index contributed by atoms with van der Waals surface area (Å²) in [5.41, 5.74) is 8.17. The Bertz CT molecular complexity index is 1110. The number of cyclic esters (lactones) is 2. The van der Waals surface area contributed by atoms with Gasteiger partial charge in [0.2, 0.25) is 0 Å². The Morgan fingerprint density at radius 3 is 2.38 bits per heavy atom. The molecule has 0 bridgehead atoms. The van der Waals surface area contributed by atoms with Gasteiger partial charge < -0.3 is 4.74 Å². The van der Waals surface area contributed by atoms with E-state index in [-0.39, 0.29) is 0 Å². The SMILES string of the molecule is O=C1OC(=O)c2c1cccc2-c1ccc(CCl)c2c1Cc1ccccc1-2. The van der Waals surface area contributed by atoms with E-state index in [2.05, 4.69) is 12.1 Å². The first-order valence-electron chi connectivity index (χ1n) is 8.38. The lowest BCUT2D eigenvalue weighted by atomic mass is 9.89.